The van der Waals surface area contributed by atoms with E-state index in [1.165, 1.54) is 0 Å². The summed E-state index contributed by atoms with van der Waals surface area (Å²) in [5.74, 6) is 1.38. The lowest BCUT2D eigenvalue weighted by atomic mass is 10.2. The molecule has 0 unspecified atom stereocenters. The van der Waals surface area contributed by atoms with Crippen LogP contribution in [0.5, 0.6) is 5.75 Å². The summed E-state index contributed by atoms with van der Waals surface area (Å²) in [5, 5.41) is 14.3. The summed E-state index contributed by atoms with van der Waals surface area (Å²) in [6, 6.07) is 5.57. The van der Waals surface area contributed by atoms with Crippen LogP contribution in [0.4, 0.5) is 5.82 Å². The Morgan fingerprint density at radius 3 is 3.00 bits per heavy atom. The van der Waals surface area contributed by atoms with Crippen molar-refractivity contribution >= 4 is 39.1 Å². The molecule has 2 rings (SSSR count). The van der Waals surface area contributed by atoms with Crippen LogP contribution in [0.25, 0.3) is 0 Å². The Kier molecular flexibility index (Phi) is 6.47. The molecule has 22 heavy (non-hydrogen) atoms. The van der Waals surface area contributed by atoms with Crippen LogP contribution < -0.4 is 15.4 Å². The maximum absolute atomic E-state index is 5.54. The lowest BCUT2D eigenvalue weighted by molar-refractivity contribution is 0.334. The molecule has 2 N–H and O–H groups in total. The topological polar surface area (TPSA) is 72.0 Å². The second-order valence-electron chi connectivity index (χ2n) is 4.24. The summed E-state index contributed by atoms with van der Waals surface area (Å²) in [5.41, 5.74) is 0.903. The number of nitrogens with one attached hydrogen (secondary N) is 2. The normalized spacial score (nSPS) is 10.1. The van der Waals surface area contributed by atoms with Gasteiger partial charge in [-0.1, -0.05) is 0 Å². The highest BCUT2D eigenvalue weighted by Crippen LogP contribution is 2.17. The lowest BCUT2D eigenvalue weighted by Crippen LogP contribution is -2.31. The van der Waals surface area contributed by atoms with Crippen molar-refractivity contribution < 1.29 is 4.74 Å². The predicted octanol–water partition coefficient (Wildman–Crippen LogP) is 2.56. The molecule has 0 fully saturated rings. The van der Waals surface area contributed by atoms with Crippen LogP contribution in [0.1, 0.15) is 12.6 Å². The first-order valence-corrected chi connectivity index (χ1v) is 7.99. The van der Waals surface area contributed by atoms with Crippen molar-refractivity contribution in [3.05, 3.63) is 40.8 Å². The molecule has 0 bridgehead atoms. The lowest BCUT2D eigenvalue weighted by Gasteiger charge is -2.12. The second kappa shape index (κ2) is 8.60. The zero-order chi connectivity index (χ0) is 15.8. The van der Waals surface area contributed by atoms with Crippen molar-refractivity contribution in [1.29, 1.82) is 0 Å². The van der Waals surface area contributed by atoms with Gasteiger partial charge in [0.05, 0.1) is 23.0 Å². The van der Waals surface area contributed by atoms with E-state index in [0.29, 0.717) is 30.5 Å². The Bertz CT molecular complexity index is 640. The highest BCUT2D eigenvalue weighted by atomic mass is 79.9. The monoisotopic (exact) mass is 381 g/mol. The number of nitrogens with zero attached hydrogens (tertiary/aromatic N) is 3. The van der Waals surface area contributed by atoms with Gasteiger partial charge >= 0.3 is 0 Å². The van der Waals surface area contributed by atoms with Gasteiger partial charge in [0, 0.05) is 19.2 Å². The minimum absolute atomic E-state index is 0.482. The molecule has 0 saturated heterocycles. The molecule has 0 aliphatic heterocycles. The fraction of sp³-hybridized carbons (Fsp3) is 0.286. The summed E-state index contributed by atoms with van der Waals surface area (Å²) in [6.45, 7) is 3.21. The van der Waals surface area contributed by atoms with Crippen molar-refractivity contribution in [2.45, 2.75) is 13.3 Å². The molecule has 6 nitrogen and oxygen atoms in total. The zero-order valence-corrected chi connectivity index (χ0v) is 14.4. The van der Waals surface area contributed by atoms with E-state index in [9.17, 15) is 0 Å². The number of ether oxygens (including phenoxy) is 1. The quantitative estimate of drug-likeness (QED) is 0.744. The standard InChI is InChI=1S/C14H16BrN5OS/c1-2-21-12-4-3-7-16-11(12)6-8-17-14(22)19-13-10(15)5-9-18-20-13/h3-5,7,9H,2,6,8H2,1H3,(H2,17,19,20,22). The maximum Gasteiger partial charge on any atom is 0.172 e. The largest absolute Gasteiger partial charge is 0.492 e. The highest BCUT2D eigenvalue weighted by Gasteiger charge is 2.06. The van der Waals surface area contributed by atoms with E-state index in [2.05, 4.69) is 41.7 Å². The molecule has 0 spiro atoms. The van der Waals surface area contributed by atoms with Crippen LogP contribution in [-0.4, -0.2) is 33.4 Å². The predicted molar refractivity (Wildman–Crippen MR) is 93.1 cm³/mol. The number of rotatable bonds is 6. The van der Waals surface area contributed by atoms with Crippen LogP contribution in [0.2, 0.25) is 0 Å². The van der Waals surface area contributed by atoms with E-state index in [1.807, 2.05) is 19.1 Å². The average molecular weight is 382 g/mol. The minimum atomic E-state index is 0.482. The summed E-state index contributed by atoms with van der Waals surface area (Å²) >= 11 is 8.61. The number of halogens is 1. The van der Waals surface area contributed by atoms with Gasteiger partial charge in [-0.25, -0.2) is 0 Å². The van der Waals surface area contributed by atoms with Gasteiger partial charge in [0.25, 0.3) is 0 Å². The van der Waals surface area contributed by atoms with Crippen LogP contribution >= 0.6 is 28.1 Å². The van der Waals surface area contributed by atoms with Crippen molar-refractivity contribution in [3.8, 4) is 5.75 Å². The molecule has 0 radical (unpaired) electrons. The van der Waals surface area contributed by atoms with E-state index in [0.717, 1.165) is 15.9 Å². The summed E-state index contributed by atoms with van der Waals surface area (Å²) in [6.07, 6.45) is 4.06. The third kappa shape index (κ3) is 4.88. The van der Waals surface area contributed by atoms with Crippen molar-refractivity contribution in [1.82, 2.24) is 20.5 Å². The van der Waals surface area contributed by atoms with Gasteiger partial charge in [-0.3, -0.25) is 4.98 Å². The third-order valence-corrected chi connectivity index (χ3v) is 3.59. The Labute approximate surface area is 142 Å². The van der Waals surface area contributed by atoms with Crippen LogP contribution in [-0.2, 0) is 6.42 Å². The molecule has 116 valence electrons. The van der Waals surface area contributed by atoms with Gasteiger partial charge in [-0.05, 0) is 53.3 Å². The summed E-state index contributed by atoms with van der Waals surface area (Å²) in [7, 11) is 0. The molecule has 2 aromatic heterocycles. The number of aromatic nitrogens is 3. The van der Waals surface area contributed by atoms with Crippen molar-refractivity contribution in [2.75, 3.05) is 18.5 Å². The second-order valence-corrected chi connectivity index (χ2v) is 5.50. The van der Waals surface area contributed by atoms with Gasteiger partial charge in [-0.2, -0.15) is 5.10 Å². The van der Waals surface area contributed by atoms with Gasteiger partial charge in [0.1, 0.15) is 5.75 Å². The number of pyridine rings is 1. The van der Waals surface area contributed by atoms with Crippen molar-refractivity contribution in [3.63, 3.8) is 0 Å². The molecule has 8 heteroatoms. The van der Waals surface area contributed by atoms with E-state index in [-0.39, 0.29) is 0 Å². The molecule has 0 aromatic carbocycles. The van der Waals surface area contributed by atoms with Crippen LogP contribution in [0.15, 0.2) is 35.1 Å². The minimum Gasteiger partial charge on any atom is -0.492 e. The first-order valence-electron chi connectivity index (χ1n) is 6.79. The zero-order valence-electron chi connectivity index (χ0n) is 12.0. The maximum atomic E-state index is 5.54. The fourth-order valence-corrected chi connectivity index (χ4v) is 2.24. The molecule has 0 aliphatic rings. The van der Waals surface area contributed by atoms with Gasteiger partial charge in [0.2, 0.25) is 0 Å². The first-order chi connectivity index (χ1) is 10.7. The molecule has 0 amide bonds. The van der Waals surface area contributed by atoms with Gasteiger partial charge in [0.15, 0.2) is 10.9 Å². The molecule has 0 atom stereocenters. The Hall–Kier alpha value is -1.80. The molecule has 0 aliphatic carbocycles. The fourth-order valence-electron chi connectivity index (χ4n) is 1.75. The smallest absolute Gasteiger partial charge is 0.172 e. The summed E-state index contributed by atoms with van der Waals surface area (Å²) < 4.78 is 6.34. The SMILES string of the molecule is CCOc1cccnc1CCNC(=S)Nc1nnccc1Br. The van der Waals surface area contributed by atoms with Gasteiger partial charge < -0.3 is 15.4 Å². The number of hydrogen-bond donors (Lipinski definition) is 2. The number of anilines is 1. The van der Waals surface area contributed by atoms with Gasteiger partial charge in [-0.15, -0.1) is 5.10 Å². The number of hydrogen-bond acceptors (Lipinski definition) is 5. The molecule has 2 heterocycles. The molecule has 0 saturated carbocycles. The van der Waals surface area contributed by atoms with E-state index in [4.69, 9.17) is 17.0 Å². The average Bonchev–Trinajstić information content (AvgIpc) is 2.51. The molecular formula is C14H16BrN5OS. The molecular weight excluding hydrogens is 366 g/mol. The van der Waals surface area contributed by atoms with E-state index in [1.54, 1.807) is 18.5 Å². The van der Waals surface area contributed by atoms with E-state index >= 15 is 0 Å². The summed E-state index contributed by atoms with van der Waals surface area (Å²) in [4.78, 5) is 4.33. The first kappa shape index (κ1) is 16.6. The Morgan fingerprint density at radius 1 is 1.36 bits per heavy atom. The Balaban J connectivity index is 1.84. The van der Waals surface area contributed by atoms with Crippen molar-refractivity contribution in [2.24, 2.45) is 0 Å². The van der Waals surface area contributed by atoms with E-state index < -0.39 is 0 Å². The highest BCUT2D eigenvalue weighted by molar-refractivity contribution is 9.10. The van der Waals surface area contributed by atoms with Crippen LogP contribution in [0.3, 0.4) is 0 Å². The van der Waals surface area contributed by atoms with Crippen LogP contribution in [0, 0.1) is 0 Å². The number of thiocarbonyl (C=S) groups is 1. The molecule has 2 aromatic rings. The third-order valence-electron chi connectivity index (χ3n) is 2.70. The Morgan fingerprint density at radius 2 is 2.23 bits per heavy atom.